The van der Waals surface area contributed by atoms with Crippen LogP contribution in [-0.2, 0) is 0 Å². The van der Waals surface area contributed by atoms with Crippen molar-refractivity contribution in [1.82, 2.24) is 4.98 Å². The number of aromatic nitrogens is 1. The first-order chi connectivity index (χ1) is 12.5. The molecule has 0 fully saturated rings. The predicted octanol–water partition coefficient (Wildman–Crippen LogP) is 7.30. The summed E-state index contributed by atoms with van der Waals surface area (Å²) in [5.41, 5.74) is 4.32. The minimum atomic E-state index is 0.481. The van der Waals surface area contributed by atoms with Crippen molar-refractivity contribution in [3.63, 3.8) is 0 Å². The van der Waals surface area contributed by atoms with E-state index >= 15 is 0 Å². The summed E-state index contributed by atoms with van der Waals surface area (Å²) in [5.74, 6) is 0.481. The molecule has 5 heteroatoms. The smallest absolute Gasteiger partial charge is 0.134 e. The second-order valence-electron chi connectivity index (χ2n) is 6.15. The Balaban J connectivity index is 1.92. The van der Waals surface area contributed by atoms with Crippen LogP contribution in [0.25, 0.3) is 22.9 Å². The van der Waals surface area contributed by atoms with Gasteiger partial charge in [-0.15, -0.1) is 11.3 Å². The molecule has 0 saturated carbocycles. The molecule has 1 aromatic heterocycles. The molecule has 0 amide bonds. The zero-order chi connectivity index (χ0) is 18.7. The van der Waals surface area contributed by atoms with Crippen LogP contribution in [0.4, 0.5) is 0 Å². The van der Waals surface area contributed by atoms with Crippen LogP contribution >= 0.6 is 34.5 Å². The van der Waals surface area contributed by atoms with Gasteiger partial charge in [0, 0.05) is 16.0 Å². The van der Waals surface area contributed by atoms with Crippen LogP contribution in [-0.4, -0.2) is 4.98 Å². The van der Waals surface area contributed by atoms with E-state index in [1.165, 1.54) is 16.9 Å². The first-order valence-corrected chi connectivity index (χ1v) is 9.74. The molecular formula is C21H16Cl2N2S. The van der Waals surface area contributed by atoms with Gasteiger partial charge >= 0.3 is 0 Å². The molecule has 1 heterocycles. The quantitative estimate of drug-likeness (QED) is 0.432. The fourth-order valence-electron chi connectivity index (χ4n) is 2.50. The van der Waals surface area contributed by atoms with Crippen molar-refractivity contribution in [2.75, 3.05) is 0 Å². The van der Waals surface area contributed by atoms with Crippen LogP contribution in [0.5, 0.6) is 0 Å². The third-order valence-corrected chi connectivity index (χ3v) is 5.40. The normalized spacial score (nSPS) is 11.6. The highest BCUT2D eigenvalue weighted by atomic mass is 35.5. The van der Waals surface area contributed by atoms with Crippen LogP contribution in [0.2, 0.25) is 10.0 Å². The van der Waals surface area contributed by atoms with Crippen LogP contribution < -0.4 is 0 Å². The topological polar surface area (TPSA) is 36.7 Å². The first kappa shape index (κ1) is 18.7. The molecular weight excluding hydrogens is 383 g/mol. The van der Waals surface area contributed by atoms with Gasteiger partial charge in [-0.05, 0) is 41.3 Å². The fraction of sp³-hybridized carbons (Fsp3) is 0.143. The van der Waals surface area contributed by atoms with Crippen molar-refractivity contribution in [3.05, 3.63) is 74.0 Å². The van der Waals surface area contributed by atoms with Crippen molar-refractivity contribution in [3.8, 4) is 17.3 Å². The van der Waals surface area contributed by atoms with Gasteiger partial charge in [0.2, 0.25) is 0 Å². The SMILES string of the molecule is CC(C)c1ccc(C=C(C#N)c2nc(-c3ccc(Cl)cc3Cl)cs2)cc1. The van der Waals surface area contributed by atoms with E-state index in [0.29, 0.717) is 26.5 Å². The Labute approximate surface area is 167 Å². The Hall–Kier alpha value is -2.12. The average molecular weight is 399 g/mol. The fourth-order valence-corrected chi connectivity index (χ4v) is 3.79. The van der Waals surface area contributed by atoms with E-state index in [2.05, 4.69) is 37.0 Å². The van der Waals surface area contributed by atoms with Gasteiger partial charge in [-0.25, -0.2) is 4.98 Å². The molecule has 3 rings (SSSR count). The van der Waals surface area contributed by atoms with E-state index in [0.717, 1.165) is 16.8 Å². The molecule has 3 aromatic rings. The molecule has 130 valence electrons. The molecule has 0 aliphatic rings. The van der Waals surface area contributed by atoms with Gasteiger partial charge in [0.05, 0.1) is 16.3 Å². The number of hydrogen-bond donors (Lipinski definition) is 0. The molecule has 2 aromatic carbocycles. The number of benzene rings is 2. The van der Waals surface area contributed by atoms with Crippen LogP contribution in [0.3, 0.4) is 0 Å². The molecule has 0 bridgehead atoms. The molecule has 26 heavy (non-hydrogen) atoms. The van der Waals surface area contributed by atoms with Gasteiger partial charge in [-0.2, -0.15) is 5.26 Å². The summed E-state index contributed by atoms with van der Waals surface area (Å²) in [6, 6.07) is 15.8. The molecule has 2 nitrogen and oxygen atoms in total. The zero-order valence-corrected chi connectivity index (χ0v) is 16.7. The Morgan fingerprint density at radius 3 is 2.50 bits per heavy atom. The van der Waals surface area contributed by atoms with Crippen LogP contribution in [0.15, 0.2) is 47.8 Å². The number of thiazole rings is 1. The average Bonchev–Trinajstić information content (AvgIpc) is 3.09. The van der Waals surface area contributed by atoms with E-state index < -0.39 is 0 Å². The lowest BCUT2D eigenvalue weighted by Crippen LogP contribution is -1.87. The lowest BCUT2D eigenvalue weighted by atomic mass is 10.0. The van der Waals surface area contributed by atoms with Gasteiger partial charge in [0.15, 0.2) is 0 Å². The number of allylic oxidation sites excluding steroid dienone is 1. The molecule has 0 aliphatic heterocycles. The van der Waals surface area contributed by atoms with E-state index in [9.17, 15) is 5.26 Å². The summed E-state index contributed by atoms with van der Waals surface area (Å²) < 4.78 is 0. The predicted molar refractivity (Wildman–Crippen MR) is 112 cm³/mol. The summed E-state index contributed by atoms with van der Waals surface area (Å²) in [5, 5.41) is 13.3. The summed E-state index contributed by atoms with van der Waals surface area (Å²) >= 11 is 13.6. The maximum absolute atomic E-state index is 9.56. The van der Waals surface area contributed by atoms with Gasteiger partial charge in [0.1, 0.15) is 11.1 Å². The molecule has 0 saturated heterocycles. The number of nitrogens with zero attached hydrogens (tertiary/aromatic N) is 2. The monoisotopic (exact) mass is 398 g/mol. The second-order valence-corrected chi connectivity index (χ2v) is 7.85. The maximum atomic E-state index is 9.56. The summed E-state index contributed by atoms with van der Waals surface area (Å²) in [6.07, 6.45) is 1.86. The third-order valence-electron chi connectivity index (χ3n) is 3.98. The van der Waals surface area contributed by atoms with Crippen molar-refractivity contribution in [2.24, 2.45) is 0 Å². The Morgan fingerprint density at radius 2 is 1.88 bits per heavy atom. The second kappa shape index (κ2) is 8.05. The van der Waals surface area contributed by atoms with Crippen molar-refractivity contribution in [1.29, 1.82) is 5.26 Å². The first-order valence-electron chi connectivity index (χ1n) is 8.11. The number of nitriles is 1. The molecule has 0 spiro atoms. The number of rotatable bonds is 4. The van der Waals surface area contributed by atoms with Gasteiger partial charge in [0.25, 0.3) is 0 Å². The van der Waals surface area contributed by atoms with Crippen molar-refractivity contribution >= 4 is 46.2 Å². The Kier molecular flexibility index (Phi) is 5.78. The molecule has 0 N–H and O–H groups in total. The summed E-state index contributed by atoms with van der Waals surface area (Å²) in [4.78, 5) is 4.58. The van der Waals surface area contributed by atoms with E-state index in [1.54, 1.807) is 12.1 Å². The van der Waals surface area contributed by atoms with Crippen LogP contribution in [0, 0.1) is 11.3 Å². The maximum Gasteiger partial charge on any atom is 0.134 e. The van der Waals surface area contributed by atoms with E-state index in [1.807, 2.05) is 29.7 Å². The van der Waals surface area contributed by atoms with Gasteiger partial charge in [-0.3, -0.25) is 0 Å². The molecule has 0 atom stereocenters. The van der Waals surface area contributed by atoms with E-state index in [-0.39, 0.29) is 0 Å². The zero-order valence-electron chi connectivity index (χ0n) is 14.3. The molecule has 0 aliphatic carbocycles. The van der Waals surface area contributed by atoms with Crippen LogP contribution in [0.1, 0.15) is 35.9 Å². The third kappa shape index (κ3) is 4.16. The lowest BCUT2D eigenvalue weighted by Gasteiger charge is -2.05. The largest absolute Gasteiger partial charge is 0.235 e. The van der Waals surface area contributed by atoms with E-state index in [4.69, 9.17) is 23.2 Å². The van der Waals surface area contributed by atoms with Gasteiger partial charge in [-0.1, -0.05) is 61.3 Å². The van der Waals surface area contributed by atoms with Crippen molar-refractivity contribution < 1.29 is 0 Å². The van der Waals surface area contributed by atoms with Gasteiger partial charge < -0.3 is 0 Å². The summed E-state index contributed by atoms with van der Waals surface area (Å²) in [7, 11) is 0. The Bertz CT molecular complexity index is 996. The highest BCUT2D eigenvalue weighted by Gasteiger charge is 2.12. The minimum absolute atomic E-state index is 0.481. The molecule has 0 radical (unpaired) electrons. The Morgan fingerprint density at radius 1 is 1.15 bits per heavy atom. The minimum Gasteiger partial charge on any atom is -0.235 e. The highest BCUT2D eigenvalue weighted by Crippen LogP contribution is 2.33. The summed E-state index contributed by atoms with van der Waals surface area (Å²) in [6.45, 7) is 4.31. The van der Waals surface area contributed by atoms with Crippen molar-refractivity contribution in [2.45, 2.75) is 19.8 Å². The highest BCUT2D eigenvalue weighted by molar-refractivity contribution is 7.11. The lowest BCUT2D eigenvalue weighted by molar-refractivity contribution is 0.866. The number of halogens is 2. The standard InChI is InChI=1S/C21H16Cl2N2S/c1-13(2)15-5-3-14(4-6-15)9-16(11-24)21-25-20(12-26-21)18-8-7-17(22)10-19(18)23/h3-10,12-13H,1-2H3. The molecule has 0 unspecified atom stereocenters. The number of hydrogen-bond acceptors (Lipinski definition) is 3.